The highest BCUT2D eigenvalue weighted by atomic mass is 19.4. The molecule has 1 unspecified atom stereocenters. The van der Waals surface area contributed by atoms with Gasteiger partial charge in [-0.2, -0.15) is 23.3 Å². The highest BCUT2D eigenvalue weighted by molar-refractivity contribution is 5.98. The second-order valence-corrected chi connectivity index (χ2v) is 6.40. The molecule has 130 valence electrons. The molecule has 1 atom stereocenters. The number of carbonyl (C=O) groups excluding carboxylic acids is 1. The van der Waals surface area contributed by atoms with Gasteiger partial charge < -0.3 is 5.11 Å². The molecule has 0 spiro atoms. The van der Waals surface area contributed by atoms with Crippen LogP contribution in [0.1, 0.15) is 48.9 Å². The monoisotopic (exact) mass is 340 g/mol. The zero-order chi connectivity index (χ0) is 17.4. The van der Waals surface area contributed by atoms with E-state index in [0.29, 0.717) is 0 Å². The Morgan fingerprint density at radius 1 is 1.17 bits per heavy atom. The third-order valence-corrected chi connectivity index (χ3v) is 4.75. The minimum Gasteiger partial charge on any atom is -0.362 e. The van der Waals surface area contributed by atoms with Gasteiger partial charge in [0.15, 0.2) is 0 Å². The Morgan fingerprint density at radius 3 is 2.38 bits per heavy atom. The van der Waals surface area contributed by atoms with Crippen LogP contribution in [0, 0.1) is 5.92 Å². The molecule has 2 aliphatic rings. The number of rotatable bonds is 2. The molecule has 7 heteroatoms. The van der Waals surface area contributed by atoms with Gasteiger partial charge in [0.05, 0.1) is 0 Å². The first-order valence-electron chi connectivity index (χ1n) is 8.09. The SMILES string of the molecule is O=C(c1ccccc1)N1N=C(C2CCCCC2)CC1(O)C(F)(F)F. The second-order valence-electron chi connectivity index (χ2n) is 6.40. The van der Waals surface area contributed by atoms with Crippen LogP contribution in [0.4, 0.5) is 13.2 Å². The summed E-state index contributed by atoms with van der Waals surface area (Å²) in [5.74, 6) is -1.04. The zero-order valence-electron chi connectivity index (χ0n) is 13.1. The van der Waals surface area contributed by atoms with E-state index in [-0.39, 0.29) is 22.2 Å². The van der Waals surface area contributed by atoms with Crippen molar-refractivity contribution in [1.29, 1.82) is 0 Å². The van der Waals surface area contributed by atoms with Gasteiger partial charge in [-0.05, 0) is 30.9 Å². The Bertz CT molecular complexity index is 639. The molecular weight excluding hydrogens is 321 g/mol. The van der Waals surface area contributed by atoms with Crippen LogP contribution < -0.4 is 0 Å². The molecule has 1 aromatic carbocycles. The van der Waals surface area contributed by atoms with Gasteiger partial charge in [-0.3, -0.25) is 4.79 Å². The maximum atomic E-state index is 13.5. The van der Waals surface area contributed by atoms with E-state index in [1.807, 2.05) is 0 Å². The number of alkyl halides is 3. The molecule has 1 aliphatic carbocycles. The summed E-state index contributed by atoms with van der Waals surface area (Å²) in [6, 6.07) is 7.59. The maximum absolute atomic E-state index is 13.5. The highest BCUT2D eigenvalue weighted by Gasteiger charge is 2.63. The molecule has 0 saturated heterocycles. The van der Waals surface area contributed by atoms with Crippen molar-refractivity contribution in [1.82, 2.24) is 5.01 Å². The summed E-state index contributed by atoms with van der Waals surface area (Å²) < 4.78 is 40.5. The fraction of sp³-hybridized carbons (Fsp3) is 0.529. The number of amides is 1. The molecule has 1 N–H and O–H groups in total. The maximum Gasteiger partial charge on any atom is 0.438 e. The topological polar surface area (TPSA) is 52.9 Å². The number of hydrogen-bond donors (Lipinski definition) is 1. The molecule has 1 aliphatic heterocycles. The molecule has 4 nitrogen and oxygen atoms in total. The Balaban J connectivity index is 1.94. The lowest BCUT2D eigenvalue weighted by molar-refractivity contribution is -0.297. The highest BCUT2D eigenvalue weighted by Crippen LogP contribution is 2.43. The van der Waals surface area contributed by atoms with E-state index < -0.39 is 24.2 Å². The quantitative estimate of drug-likeness (QED) is 0.892. The number of nitrogens with zero attached hydrogens (tertiary/aromatic N) is 2. The van der Waals surface area contributed by atoms with E-state index in [1.165, 1.54) is 12.1 Å². The first kappa shape index (κ1) is 17.0. The second kappa shape index (κ2) is 6.20. The van der Waals surface area contributed by atoms with Crippen LogP contribution in [0.15, 0.2) is 35.4 Å². The summed E-state index contributed by atoms with van der Waals surface area (Å²) >= 11 is 0. The van der Waals surface area contributed by atoms with E-state index in [1.54, 1.807) is 18.2 Å². The zero-order valence-corrected chi connectivity index (χ0v) is 13.1. The average molecular weight is 340 g/mol. The van der Waals surface area contributed by atoms with Crippen molar-refractivity contribution in [2.75, 3.05) is 0 Å². The predicted octanol–water partition coefficient (Wildman–Crippen LogP) is 3.72. The lowest BCUT2D eigenvalue weighted by Crippen LogP contribution is -2.56. The van der Waals surface area contributed by atoms with Crippen molar-refractivity contribution in [3.05, 3.63) is 35.9 Å². The molecule has 1 fully saturated rings. The summed E-state index contributed by atoms with van der Waals surface area (Å²) in [5, 5.41) is 14.5. The van der Waals surface area contributed by atoms with Crippen LogP contribution in [-0.4, -0.2) is 33.6 Å². The number of hydrogen-bond acceptors (Lipinski definition) is 3. The minimum atomic E-state index is -4.97. The van der Waals surface area contributed by atoms with E-state index in [4.69, 9.17) is 0 Å². The molecule has 0 bridgehead atoms. The molecule has 1 heterocycles. The standard InChI is InChI=1S/C17H19F3N2O2/c18-17(19,20)16(24)11-14(12-7-3-1-4-8-12)21-22(16)15(23)13-9-5-2-6-10-13/h2,5-6,9-10,12,24H,1,3-4,7-8,11H2. The number of aliphatic hydroxyl groups is 1. The number of halogens is 3. The van der Waals surface area contributed by atoms with Gasteiger partial charge in [0.25, 0.3) is 11.6 Å². The van der Waals surface area contributed by atoms with Crippen LogP contribution in [0.5, 0.6) is 0 Å². The molecule has 0 radical (unpaired) electrons. The van der Waals surface area contributed by atoms with Crippen molar-refractivity contribution in [3.8, 4) is 0 Å². The Labute approximate surface area is 138 Å². The Morgan fingerprint density at radius 2 is 1.79 bits per heavy atom. The van der Waals surface area contributed by atoms with Crippen LogP contribution in [0.2, 0.25) is 0 Å². The molecule has 0 aromatic heterocycles. The molecular formula is C17H19F3N2O2. The van der Waals surface area contributed by atoms with Crippen molar-refractivity contribution in [3.63, 3.8) is 0 Å². The van der Waals surface area contributed by atoms with E-state index in [0.717, 1.165) is 32.1 Å². The predicted molar refractivity (Wildman–Crippen MR) is 82.2 cm³/mol. The van der Waals surface area contributed by atoms with Crippen LogP contribution in [0.3, 0.4) is 0 Å². The number of benzene rings is 1. The minimum absolute atomic E-state index is 0.0637. The van der Waals surface area contributed by atoms with Crippen molar-refractivity contribution in [2.45, 2.75) is 50.4 Å². The fourth-order valence-corrected chi connectivity index (χ4v) is 3.37. The van der Waals surface area contributed by atoms with Gasteiger partial charge in [-0.25, -0.2) is 0 Å². The Kier molecular flexibility index (Phi) is 4.38. The smallest absolute Gasteiger partial charge is 0.362 e. The summed E-state index contributed by atoms with van der Waals surface area (Å²) in [6.45, 7) is 0. The average Bonchev–Trinajstić information content (AvgIpc) is 2.95. The molecule has 1 aromatic rings. The van der Waals surface area contributed by atoms with E-state index in [9.17, 15) is 23.1 Å². The van der Waals surface area contributed by atoms with Gasteiger partial charge in [0.2, 0.25) is 0 Å². The van der Waals surface area contributed by atoms with Crippen molar-refractivity contribution < 1.29 is 23.1 Å². The lowest BCUT2D eigenvalue weighted by atomic mass is 9.83. The molecule has 1 amide bonds. The van der Waals surface area contributed by atoms with E-state index >= 15 is 0 Å². The largest absolute Gasteiger partial charge is 0.438 e. The van der Waals surface area contributed by atoms with Gasteiger partial charge >= 0.3 is 6.18 Å². The van der Waals surface area contributed by atoms with Crippen LogP contribution >= 0.6 is 0 Å². The van der Waals surface area contributed by atoms with Gasteiger partial charge in [0, 0.05) is 17.7 Å². The third-order valence-electron chi connectivity index (χ3n) is 4.75. The summed E-state index contributed by atoms with van der Waals surface area (Å²) in [7, 11) is 0. The first-order valence-corrected chi connectivity index (χ1v) is 8.09. The summed E-state index contributed by atoms with van der Waals surface area (Å²) in [5.41, 5.74) is -2.93. The van der Waals surface area contributed by atoms with E-state index in [2.05, 4.69) is 5.10 Å². The van der Waals surface area contributed by atoms with Gasteiger partial charge in [-0.15, -0.1) is 0 Å². The molecule has 24 heavy (non-hydrogen) atoms. The Hall–Kier alpha value is -1.89. The number of hydrazone groups is 1. The number of carbonyl (C=O) groups is 1. The molecule has 3 rings (SSSR count). The van der Waals surface area contributed by atoms with Crippen LogP contribution in [0.25, 0.3) is 0 Å². The first-order chi connectivity index (χ1) is 11.3. The lowest BCUT2D eigenvalue weighted by Gasteiger charge is -2.32. The summed E-state index contributed by atoms with van der Waals surface area (Å²) in [6.07, 6.45) is -1.22. The third kappa shape index (κ3) is 2.92. The van der Waals surface area contributed by atoms with Gasteiger partial charge in [0.1, 0.15) is 0 Å². The summed E-state index contributed by atoms with van der Waals surface area (Å²) in [4.78, 5) is 12.5. The van der Waals surface area contributed by atoms with Crippen LogP contribution in [-0.2, 0) is 0 Å². The van der Waals surface area contributed by atoms with Crippen molar-refractivity contribution in [2.24, 2.45) is 11.0 Å². The van der Waals surface area contributed by atoms with Gasteiger partial charge in [-0.1, -0.05) is 37.5 Å². The fourth-order valence-electron chi connectivity index (χ4n) is 3.37. The van der Waals surface area contributed by atoms with Crippen molar-refractivity contribution >= 4 is 11.6 Å². The molecule has 1 saturated carbocycles. The normalized spacial score (nSPS) is 25.7.